The van der Waals surface area contributed by atoms with E-state index in [0.29, 0.717) is 12.5 Å². The zero-order valence-electron chi connectivity index (χ0n) is 9.89. The molecule has 0 bridgehead atoms. The zero-order chi connectivity index (χ0) is 12.0. The molecule has 0 aromatic carbocycles. The van der Waals surface area contributed by atoms with Crippen LogP contribution in [0.25, 0.3) is 0 Å². The summed E-state index contributed by atoms with van der Waals surface area (Å²) in [5.41, 5.74) is 5.69. The lowest BCUT2D eigenvalue weighted by atomic mass is 9.91. The van der Waals surface area contributed by atoms with Crippen molar-refractivity contribution in [2.45, 2.75) is 32.2 Å². The minimum Gasteiger partial charge on any atom is -0.450 e. The molecule has 0 saturated carbocycles. The van der Waals surface area contributed by atoms with E-state index in [4.69, 9.17) is 15.6 Å². The summed E-state index contributed by atoms with van der Waals surface area (Å²) in [6.45, 7) is 3.75. The molecule has 1 fully saturated rings. The molecule has 1 atom stereocenters. The fourth-order valence-electron chi connectivity index (χ4n) is 2.07. The first kappa shape index (κ1) is 13.3. The largest absolute Gasteiger partial charge is 0.450 e. The van der Waals surface area contributed by atoms with Gasteiger partial charge in [0.1, 0.15) is 0 Å². The lowest BCUT2D eigenvalue weighted by molar-refractivity contribution is 0.0890. The van der Waals surface area contributed by atoms with E-state index in [-0.39, 0.29) is 18.7 Å². The quantitative estimate of drug-likeness (QED) is 0.740. The number of ether oxygens (including phenoxy) is 1. The van der Waals surface area contributed by atoms with E-state index in [9.17, 15) is 4.79 Å². The first-order valence-corrected chi connectivity index (χ1v) is 5.95. The van der Waals surface area contributed by atoms with Gasteiger partial charge in [-0.05, 0) is 32.1 Å². The molecular formula is C11H22N2O3. The fourth-order valence-corrected chi connectivity index (χ4v) is 2.07. The highest BCUT2D eigenvalue weighted by atomic mass is 16.6. The summed E-state index contributed by atoms with van der Waals surface area (Å²) in [6.07, 6.45) is 2.53. The van der Waals surface area contributed by atoms with Gasteiger partial charge in [-0.25, -0.2) is 4.79 Å². The van der Waals surface area contributed by atoms with Gasteiger partial charge in [-0.15, -0.1) is 0 Å². The molecule has 1 rings (SSSR count). The standard InChI is InChI=1S/C11H22N2O3/c1-2-16-11(15)13-5-3-9(4-6-13)7-10(12)8-14/h9-10,14H,2-8,12H2,1H3. The Morgan fingerprint density at radius 1 is 1.56 bits per heavy atom. The second-order valence-electron chi connectivity index (χ2n) is 4.31. The maximum absolute atomic E-state index is 11.4. The number of aliphatic hydroxyl groups is 1. The van der Waals surface area contributed by atoms with Crippen molar-refractivity contribution in [1.29, 1.82) is 0 Å². The van der Waals surface area contributed by atoms with Crippen molar-refractivity contribution >= 4 is 6.09 Å². The van der Waals surface area contributed by atoms with E-state index in [1.54, 1.807) is 4.90 Å². The van der Waals surface area contributed by atoms with Gasteiger partial charge in [0.15, 0.2) is 0 Å². The van der Waals surface area contributed by atoms with E-state index in [0.717, 1.165) is 32.4 Å². The van der Waals surface area contributed by atoms with Crippen molar-refractivity contribution in [2.75, 3.05) is 26.3 Å². The second-order valence-corrected chi connectivity index (χ2v) is 4.31. The minimum absolute atomic E-state index is 0.0398. The van der Waals surface area contributed by atoms with Crippen molar-refractivity contribution in [2.24, 2.45) is 11.7 Å². The number of piperidine rings is 1. The topological polar surface area (TPSA) is 75.8 Å². The smallest absolute Gasteiger partial charge is 0.409 e. The van der Waals surface area contributed by atoms with Crippen molar-refractivity contribution in [3.8, 4) is 0 Å². The Labute approximate surface area is 96.6 Å². The van der Waals surface area contributed by atoms with Gasteiger partial charge in [0.2, 0.25) is 0 Å². The number of likely N-dealkylation sites (tertiary alicyclic amines) is 1. The second kappa shape index (κ2) is 6.70. The summed E-state index contributed by atoms with van der Waals surface area (Å²) in [4.78, 5) is 13.2. The van der Waals surface area contributed by atoms with Crippen molar-refractivity contribution in [1.82, 2.24) is 4.90 Å². The Morgan fingerprint density at radius 3 is 2.69 bits per heavy atom. The Morgan fingerprint density at radius 2 is 2.19 bits per heavy atom. The molecule has 1 heterocycles. The van der Waals surface area contributed by atoms with Crippen LogP contribution in [0.4, 0.5) is 4.79 Å². The van der Waals surface area contributed by atoms with Gasteiger partial charge in [0.25, 0.3) is 0 Å². The number of nitrogens with zero attached hydrogens (tertiary/aromatic N) is 1. The lowest BCUT2D eigenvalue weighted by Crippen LogP contribution is -2.40. The molecular weight excluding hydrogens is 208 g/mol. The Bertz CT molecular complexity index is 215. The summed E-state index contributed by atoms with van der Waals surface area (Å²) in [5.74, 6) is 0.521. The lowest BCUT2D eigenvalue weighted by Gasteiger charge is -2.32. The van der Waals surface area contributed by atoms with Crippen molar-refractivity contribution < 1.29 is 14.6 Å². The van der Waals surface area contributed by atoms with Crippen LogP contribution in [-0.2, 0) is 4.74 Å². The van der Waals surface area contributed by atoms with Crippen LogP contribution in [0, 0.1) is 5.92 Å². The number of aliphatic hydroxyl groups excluding tert-OH is 1. The molecule has 1 aliphatic rings. The average molecular weight is 230 g/mol. The van der Waals surface area contributed by atoms with Gasteiger partial charge in [-0.3, -0.25) is 0 Å². The molecule has 1 aliphatic heterocycles. The molecule has 5 heteroatoms. The number of carbonyl (C=O) groups is 1. The molecule has 1 saturated heterocycles. The van der Waals surface area contributed by atoms with E-state index >= 15 is 0 Å². The van der Waals surface area contributed by atoms with Crippen LogP contribution in [0.2, 0.25) is 0 Å². The zero-order valence-corrected chi connectivity index (χ0v) is 9.89. The van der Waals surface area contributed by atoms with Crippen molar-refractivity contribution in [3.05, 3.63) is 0 Å². The summed E-state index contributed by atoms with van der Waals surface area (Å²) in [6, 6.07) is -0.126. The summed E-state index contributed by atoms with van der Waals surface area (Å²) < 4.78 is 4.94. The Balaban J connectivity index is 2.25. The molecule has 0 spiro atoms. The molecule has 94 valence electrons. The van der Waals surface area contributed by atoms with Gasteiger partial charge in [-0.1, -0.05) is 0 Å². The fraction of sp³-hybridized carbons (Fsp3) is 0.909. The maximum Gasteiger partial charge on any atom is 0.409 e. The van der Waals surface area contributed by atoms with Crippen molar-refractivity contribution in [3.63, 3.8) is 0 Å². The molecule has 5 nitrogen and oxygen atoms in total. The van der Waals surface area contributed by atoms with Gasteiger partial charge < -0.3 is 20.5 Å². The third-order valence-electron chi connectivity index (χ3n) is 3.01. The molecule has 0 aliphatic carbocycles. The predicted octanol–water partition coefficient (Wildman–Crippen LogP) is 0.565. The van der Waals surface area contributed by atoms with Crippen LogP contribution in [0.5, 0.6) is 0 Å². The van der Waals surface area contributed by atoms with Crippen LogP contribution >= 0.6 is 0 Å². The molecule has 1 amide bonds. The van der Waals surface area contributed by atoms with E-state index in [2.05, 4.69) is 0 Å². The number of amides is 1. The van der Waals surface area contributed by atoms with Crippen LogP contribution in [0.3, 0.4) is 0 Å². The normalized spacial score (nSPS) is 19.6. The molecule has 3 N–H and O–H groups in total. The number of carbonyl (C=O) groups excluding carboxylic acids is 1. The van der Waals surface area contributed by atoms with Crippen LogP contribution in [-0.4, -0.2) is 48.4 Å². The first-order valence-electron chi connectivity index (χ1n) is 5.95. The molecule has 16 heavy (non-hydrogen) atoms. The number of rotatable bonds is 4. The highest BCUT2D eigenvalue weighted by Crippen LogP contribution is 2.21. The van der Waals surface area contributed by atoms with Gasteiger partial charge >= 0.3 is 6.09 Å². The Kier molecular flexibility index (Phi) is 5.55. The summed E-state index contributed by atoms with van der Waals surface area (Å²) in [5, 5.41) is 8.87. The monoisotopic (exact) mass is 230 g/mol. The van der Waals surface area contributed by atoms with Crippen LogP contribution in [0.1, 0.15) is 26.2 Å². The molecule has 1 unspecified atom stereocenters. The van der Waals surface area contributed by atoms with Crippen LogP contribution < -0.4 is 5.73 Å². The molecule has 0 aromatic heterocycles. The highest BCUT2D eigenvalue weighted by molar-refractivity contribution is 5.67. The van der Waals surface area contributed by atoms with Gasteiger partial charge in [0, 0.05) is 19.1 Å². The van der Waals surface area contributed by atoms with Gasteiger partial charge in [0.05, 0.1) is 13.2 Å². The number of nitrogens with two attached hydrogens (primary N) is 1. The van der Waals surface area contributed by atoms with E-state index < -0.39 is 0 Å². The Hall–Kier alpha value is -0.810. The SMILES string of the molecule is CCOC(=O)N1CCC(CC(N)CO)CC1. The summed E-state index contributed by atoms with van der Waals surface area (Å²) in [7, 11) is 0. The minimum atomic E-state index is -0.215. The molecule has 0 aromatic rings. The predicted molar refractivity (Wildman–Crippen MR) is 61.0 cm³/mol. The van der Waals surface area contributed by atoms with Gasteiger partial charge in [-0.2, -0.15) is 0 Å². The third-order valence-corrected chi connectivity index (χ3v) is 3.01. The maximum atomic E-state index is 11.4. The van der Waals surface area contributed by atoms with Crippen LogP contribution in [0.15, 0.2) is 0 Å². The highest BCUT2D eigenvalue weighted by Gasteiger charge is 2.24. The third kappa shape index (κ3) is 3.98. The van der Waals surface area contributed by atoms with E-state index in [1.165, 1.54) is 0 Å². The average Bonchev–Trinajstić information content (AvgIpc) is 2.30. The summed E-state index contributed by atoms with van der Waals surface area (Å²) >= 11 is 0. The number of hydrogen-bond donors (Lipinski definition) is 2. The van der Waals surface area contributed by atoms with E-state index in [1.807, 2.05) is 6.92 Å². The number of hydrogen-bond acceptors (Lipinski definition) is 4. The first-order chi connectivity index (χ1) is 7.67. The molecule has 0 radical (unpaired) electrons.